The van der Waals surface area contributed by atoms with Crippen molar-refractivity contribution >= 4 is 36.2 Å². The third kappa shape index (κ3) is 2.35. The van der Waals surface area contributed by atoms with Gasteiger partial charge in [-0.25, -0.2) is 4.79 Å². The molecule has 0 saturated heterocycles. The molecule has 0 aromatic heterocycles. The fourth-order valence-electron chi connectivity index (χ4n) is 1.08. The molecule has 6 nitrogen and oxygen atoms in total. The van der Waals surface area contributed by atoms with Gasteiger partial charge >= 0.3 is 5.97 Å². The van der Waals surface area contributed by atoms with Gasteiger partial charge in [-0.3, -0.25) is 19.3 Å². The highest BCUT2D eigenvalue weighted by Crippen LogP contribution is 2.22. The van der Waals surface area contributed by atoms with Gasteiger partial charge in [0, 0.05) is 13.8 Å². The van der Waals surface area contributed by atoms with Crippen molar-refractivity contribution in [1.29, 1.82) is 0 Å². The normalized spacial score (nSPS) is 13.9. The Morgan fingerprint density at radius 2 is 1.40 bits per heavy atom. The number of carboxylic acid groups (broad SMARTS) is 1. The summed E-state index contributed by atoms with van der Waals surface area (Å²) in [5.74, 6) is -4.28. The van der Waals surface area contributed by atoms with Crippen LogP contribution < -0.4 is 0 Å². The number of hydrogen-bond donors (Lipinski definition) is 2. The van der Waals surface area contributed by atoms with Crippen molar-refractivity contribution in [2.75, 3.05) is 0 Å². The SMILES string of the molecule is CC(=O)N(C(C)=O)C(S)(C(C)=O)C(=O)O. The summed E-state index contributed by atoms with van der Waals surface area (Å²) < 4.78 is 0. The molecule has 0 radical (unpaired) electrons. The van der Waals surface area contributed by atoms with E-state index >= 15 is 0 Å². The highest BCUT2D eigenvalue weighted by molar-refractivity contribution is 7.83. The van der Waals surface area contributed by atoms with Crippen LogP contribution in [0.3, 0.4) is 0 Å². The number of nitrogens with zero attached hydrogens (tertiary/aromatic N) is 1. The molecule has 0 aliphatic rings. The Hall–Kier alpha value is -1.37. The lowest BCUT2D eigenvalue weighted by atomic mass is 10.1. The molecule has 2 amide bonds. The molecule has 15 heavy (non-hydrogen) atoms. The first-order valence-electron chi connectivity index (χ1n) is 3.93. The molecule has 0 saturated carbocycles. The van der Waals surface area contributed by atoms with Crippen LogP contribution >= 0.6 is 12.6 Å². The quantitative estimate of drug-likeness (QED) is 0.396. The Labute approximate surface area is 91.6 Å². The van der Waals surface area contributed by atoms with Gasteiger partial charge in [-0.05, 0) is 6.92 Å². The Balaban J connectivity index is 5.59. The maximum Gasteiger partial charge on any atom is 0.348 e. The van der Waals surface area contributed by atoms with Crippen LogP contribution in [0.5, 0.6) is 0 Å². The lowest BCUT2D eigenvalue weighted by Gasteiger charge is -2.31. The van der Waals surface area contributed by atoms with E-state index in [9.17, 15) is 19.2 Å². The molecule has 0 spiro atoms. The molecular weight excluding hydrogens is 222 g/mol. The van der Waals surface area contributed by atoms with E-state index in [4.69, 9.17) is 5.11 Å². The molecule has 0 aliphatic carbocycles. The standard InChI is InChI=1S/C8H11NO5S/c1-4(10)8(15,7(13)14)9(5(2)11)6(3)12/h15H,1-3H3,(H,13,14). The van der Waals surface area contributed by atoms with Crippen LogP contribution in [0, 0.1) is 0 Å². The predicted molar refractivity (Wildman–Crippen MR) is 53.2 cm³/mol. The zero-order valence-electron chi connectivity index (χ0n) is 8.47. The molecule has 1 N–H and O–H groups in total. The highest BCUT2D eigenvalue weighted by atomic mass is 32.1. The van der Waals surface area contributed by atoms with Crippen LogP contribution in [0.4, 0.5) is 0 Å². The smallest absolute Gasteiger partial charge is 0.348 e. The van der Waals surface area contributed by atoms with Crippen molar-refractivity contribution in [2.24, 2.45) is 0 Å². The number of hydrogen-bond acceptors (Lipinski definition) is 5. The van der Waals surface area contributed by atoms with Crippen LogP contribution in [0.1, 0.15) is 20.8 Å². The second kappa shape index (κ2) is 4.43. The number of thiol groups is 1. The minimum atomic E-state index is -2.43. The van der Waals surface area contributed by atoms with E-state index in [0.29, 0.717) is 4.90 Å². The number of imide groups is 1. The molecule has 0 fully saturated rings. The molecule has 0 rings (SSSR count). The zero-order chi connectivity index (χ0) is 12.4. The summed E-state index contributed by atoms with van der Waals surface area (Å²) >= 11 is 3.62. The van der Waals surface area contributed by atoms with Crippen molar-refractivity contribution in [1.82, 2.24) is 4.90 Å². The van der Waals surface area contributed by atoms with E-state index in [1.54, 1.807) is 0 Å². The van der Waals surface area contributed by atoms with Crippen molar-refractivity contribution in [3.8, 4) is 0 Å². The number of carboxylic acids is 1. The Morgan fingerprint density at radius 3 is 1.47 bits per heavy atom. The van der Waals surface area contributed by atoms with Crippen molar-refractivity contribution < 1.29 is 24.3 Å². The average molecular weight is 233 g/mol. The molecule has 1 atom stereocenters. The summed E-state index contributed by atoms with van der Waals surface area (Å²) in [4.78, 5) is 42.1. The molecule has 0 aromatic carbocycles. The maximum atomic E-state index is 11.2. The zero-order valence-corrected chi connectivity index (χ0v) is 9.37. The topological polar surface area (TPSA) is 91.8 Å². The molecular formula is C8H11NO5S. The number of carbonyl (C=O) groups is 4. The van der Waals surface area contributed by atoms with E-state index in [1.807, 2.05) is 0 Å². The van der Waals surface area contributed by atoms with Gasteiger partial charge < -0.3 is 5.11 Å². The van der Waals surface area contributed by atoms with Crippen LogP contribution in [0.2, 0.25) is 0 Å². The molecule has 0 bridgehead atoms. The minimum absolute atomic E-state index is 0.306. The lowest BCUT2D eigenvalue weighted by molar-refractivity contribution is -0.162. The number of rotatable bonds is 3. The van der Waals surface area contributed by atoms with Crippen molar-refractivity contribution in [3.05, 3.63) is 0 Å². The van der Waals surface area contributed by atoms with Crippen LogP contribution in [0.15, 0.2) is 0 Å². The first-order valence-corrected chi connectivity index (χ1v) is 4.38. The van der Waals surface area contributed by atoms with Crippen molar-refractivity contribution in [3.63, 3.8) is 0 Å². The second-order valence-corrected chi connectivity index (χ2v) is 3.55. The van der Waals surface area contributed by atoms with Crippen LogP contribution in [0.25, 0.3) is 0 Å². The van der Waals surface area contributed by atoms with E-state index in [-0.39, 0.29) is 0 Å². The van der Waals surface area contributed by atoms with E-state index in [2.05, 4.69) is 12.6 Å². The molecule has 0 aliphatic heterocycles. The predicted octanol–water partition coefficient (Wildman–Crippen LogP) is -0.319. The fourth-order valence-corrected chi connectivity index (χ4v) is 1.36. The first-order chi connectivity index (χ1) is 6.65. The van der Waals surface area contributed by atoms with Crippen LogP contribution in [-0.2, 0) is 19.2 Å². The first kappa shape index (κ1) is 13.6. The number of Topliss-reactive ketones (excluding diaryl/α,β-unsaturated/α-hetero) is 1. The van der Waals surface area contributed by atoms with Gasteiger partial charge in [-0.2, -0.15) is 0 Å². The summed E-state index contributed by atoms with van der Waals surface area (Å²) in [6, 6.07) is 0. The molecule has 0 aromatic rings. The molecule has 7 heteroatoms. The number of carbonyl (C=O) groups excluding carboxylic acids is 3. The average Bonchev–Trinajstić information content (AvgIpc) is 2.01. The summed E-state index contributed by atoms with van der Waals surface area (Å²) in [5.41, 5.74) is 0. The van der Waals surface area contributed by atoms with E-state index in [0.717, 1.165) is 20.8 Å². The monoisotopic (exact) mass is 233 g/mol. The van der Waals surface area contributed by atoms with E-state index in [1.165, 1.54) is 0 Å². The van der Waals surface area contributed by atoms with Gasteiger partial charge in [0.2, 0.25) is 16.7 Å². The Bertz CT molecular complexity index is 310. The minimum Gasteiger partial charge on any atom is -0.478 e. The Morgan fingerprint density at radius 1 is 1.07 bits per heavy atom. The second-order valence-electron chi connectivity index (χ2n) is 2.91. The van der Waals surface area contributed by atoms with Crippen LogP contribution in [-0.4, -0.2) is 38.4 Å². The summed E-state index contributed by atoms with van der Waals surface area (Å²) in [6.45, 7) is 2.91. The number of aliphatic carboxylic acids is 1. The Kier molecular flexibility index (Phi) is 4.03. The van der Waals surface area contributed by atoms with Gasteiger partial charge in [-0.1, -0.05) is 0 Å². The third-order valence-electron chi connectivity index (χ3n) is 1.74. The maximum absolute atomic E-state index is 11.2. The summed E-state index contributed by atoms with van der Waals surface area (Å²) in [5, 5.41) is 8.83. The number of amides is 2. The molecule has 84 valence electrons. The van der Waals surface area contributed by atoms with Gasteiger partial charge in [0.15, 0.2) is 5.78 Å². The summed E-state index contributed by atoms with van der Waals surface area (Å²) in [6.07, 6.45) is 0. The number of ketones is 1. The molecule has 0 heterocycles. The summed E-state index contributed by atoms with van der Waals surface area (Å²) in [7, 11) is 0. The van der Waals surface area contributed by atoms with Gasteiger partial charge in [-0.15, -0.1) is 12.6 Å². The third-order valence-corrected chi connectivity index (χ3v) is 2.45. The fraction of sp³-hybridized carbons (Fsp3) is 0.500. The van der Waals surface area contributed by atoms with E-state index < -0.39 is 28.4 Å². The van der Waals surface area contributed by atoms with Gasteiger partial charge in [0.1, 0.15) is 0 Å². The van der Waals surface area contributed by atoms with Gasteiger partial charge in [0.05, 0.1) is 0 Å². The van der Waals surface area contributed by atoms with Crippen molar-refractivity contribution in [2.45, 2.75) is 25.6 Å². The lowest BCUT2D eigenvalue weighted by Crippen LogP contribution is -2.58. The highest BCUT2D eigenvalue weighted by Gasteiger charge is 2.49. The largest absolute Gasteiger partial charge is 0.478 e. The van der Waals surface area contributed by atoms with Gasteiger partial charge in [0.25, 0.3) is 0 Å². The molecule has 1 unspecified atom stereocenters.